The Morgan fingerprint density at radius 1 is 1.14 bits per heavy atom. The number of benzene rings is 2. The molecule has 1 aliphatic rings. The molecular weight excluding hydrogens is 390 g/mol. The quantitative estimate of drug-likeness (QED) is 0.649. The summed E-state index contributed by atoms with van der Waals surface area (Å²) in [6.45, 7) is 0.927. The zero-order valence-electron chi connectivity index (χ0n) is 16.0. The molecule has 8 heteroatoms. The molecule has 0 aliphatic carbocycles. The number of carbonyl (C=O) groups is 1. The van der Waals surface area contributed by atoms with Gasteiger partial charge in [0.2, 0.25) is 0 Å². The van der Waals surface area contributed by atoms with Crippen LogP contribution in [0.15, 0.2) is 59.6 Å². The Morgan fingerprint density at radius 3 is 2.76 bits per heavy atom. The van der Waals surface area contributed by atoms with Gasteiger partial charge in [-0.2, -0.15) is 0 Å². The summed E-state index contributed by atoms with van der Waals surface area (Å²) >= 11 is 0. The highest BCUT2D eigenvalue weighted by Crippen LogP contribution is 2.30. The van der Waals surface area contributed by atoms with Gasteiger partial charge in [-0.15, -0.1) is 0 Å². The topological polar surface area (TPSA) is 90.3 Å². The summed E-state index contributed by atoms with van der Waals surface area (Å²) < 4.78 is 35.3. The minimum atomic E-state index is -3.90. The smallest absolute Gasteiger partial charge is 0.337 e. The first kappa shape index (κ1) is 19.2. The number of aromatic nitrogens is 2. The molecule has 29 heavy (non-hydrogen) atoms. The molecule has 2 aromatic carbocycles. The van der Waals surface area contributed by atoms with Crippen molar-refractivity contribution in [3.05, 3.63) is 66.1 Å². The molecule has 0 saturated carbocycles. The van der Waals surface area contributed by atoms with E-state index in [4.69, 9.17) is 4.98 Å². The molecule has 2 heterocycles. The van der Waals surface area contributed by atoms with E-state index in [1.807, 2.05) is 18.3 Å². The summed E-state index contributed by atoms with van der Waals surface area (Å²) in [5.74, 6) is 0.431. The number of esters is 1. The van der Waals surface area contributed by atoms with Crippen LogP contribution in [0.3, 0.4) is 0 Å². The third kappa shape index (κ3) is 3.88. The normalized spacial score (nSPS) is 13.6. The second-order valence-electron chi connectivity index (χ2n) is 6.86. The summed E-state index contributed by atoms with van der Waals surface area (Å²) in [7, 11) is -2.65. The number of fused-ring (bicyclic) bond motifs is 1. The van der Waals surface area contributed by atoms with Gasteiger partial charge in [-0.05, 0) is 37.1 Å². The number of para-hydroxylation sites is 1. The fraction of sp³-hybridized carbons (Fsp3) is 0.238. The third-order valence-corrected chi connectivity index (χ3v) is 6.28. The number of imidazole rings is 1. The van der Waals surface area contributed by atoms with Gasteiger partial charge in [-0.25, -0.2) is 18.2 Å². The van der Waals surface area contributed by atoms with Crippen molar-refractivity contribution >= 4 is 21.7 Å². The summed E-state index contributed by atoms with van der Waals surface area (Å²) in [5.41, 5.74) is 2.06. The first-order valence-corrected chi connectivity index (χ1v) is 10.8. The van der Waals surface area contributed by atoms with E-state index in [0.717, 1.165) is 37.3 Å². The van der Waals surface area contributed by atoms with E-state index in [0.29, 0.717) is 11.3 Å². The van der Waals surface area contributed by atoms with Crippen molar-refractivity contribution in [2.24, 2.45) is 0 Å². The number of methoxy groups -OCH3 is 1. The van der Waals surface area contributed by atoms with Crippen LogP contribution in [-0.2, 0) is 27.7 Å². The van der Waals surface area contributed by atoms with Crippen LogP contribution in [0, 0.1) is 0 Å². The molecule has 0 bridgehead atoms. The SMILES string of the molecule is COC(=O)c1cccc(S(=O)(=O)Nc2ccccc2-c2cn3c(n2)CCCC3)c1. The van der Waals surface area contributed by atoms with E-state index < -0.39 is 16.0 Å². The average molecular weight is 411 g/mol. The largest absolute Gasteiger partial charge is 0.465 e. The monoisotopic (exact) mass is 411 g/mol. The zero-order chi connectivity index (χ0) is 20.4. The number of nitrogens with one attached hydrogen (secondary N) is 1. The Labute approximate surface area is 169 Å². The summed E-state index contributed by atoms with van der Waals surface area (Å²) in [4.78, 5) is 16.4. The summed E-state index contributed by atoms with van der Waals surface area (Å²) in [6, 6.07) is 12.9. The molecule has 0 unspecified atom stereocenters. The third-order valence-electron chi connectivity index (χ3n) is 4.92. The molecule has 0 fully saturated rings. The molecule has 0 spiro atoms. The molecular formula is C21H21N3O4S. The van der Waals surface area contributed by atoms with Gasteiger partial charge in [-0.1, -0.05) is 24.3 Å². The van der Waals surface area contributed by atoms with E-state index in [1.165, 1.54) is 31.4 Å². The highest BCUT2D eigenvalue weighted by molar-refractivity contribution is 7.92. The maximum atomic E-state index is 13.0. The fourth-order valence-corrected chi connectivity index (χ4v) is 4.57. The second-order valence-corrected chi connectivity index (χ2v) is 8.55. The van der Waals surface area contributed by atoms with Crippen LogP contribution < -0.4 is 4.72 Å². The lowest BCUT2D eigenvalue weighted by atomic mass is 10.1. The van der Waals surface area contributed by atoms with E-state index in [2.05, 4.69) is 14.0 Å². The lowest BCUT2D eigenvalue weighted by Crippen LogP contribution is -2.14. The number of rotatable bonds is 5. The lowest BCUT2D eigenvalue weighted by Gasteiger charge is -2.12. The maximum absolute atomic E-state index is 13.0. The van der Waals surface area contributed by atoms with Crippen LogP contribution in [0.5, 0.6) is 0 Å². The van der Waals surface area contributed by atoms with Crippen molar-refractivity contribution in [3.63, 3.8) is 0 Å². The van der Waals surface area contributed by atoms with Crippen LogP contribution in [0.2, 0.25) is 0 Å². The fourth-order valence-electron chi connectivity index (χ4n) is 3.45. The minimum absolute atomic E-state index is 0.0145. The number of ether oxygens (including phenoxy) is 1. The van der Waals surface area contributed by atoms with Gasteiger partial charge < -0.3 is 9.30 Å². The summed E-state index contributed by atoms with van der Waals surface area (Å²) in [5, 5.41) is 0. The van der Waals surface area contributed by atoms with E-state index in [1.54, 1.807) is 12.1 Å². The molecule has 0 amide bonds. The van der Waals surface area contributed by atoms with Crippen LogP contribution in [-0.4, -0.2) is 31.0 Å². The number of sulfonamides is 1. The van der Waals surface area contributed by atoms with Gasteiger partial charge in [0.25, 0.3) is 10.0 Å². The van der Waals surface area contributed by atoms with Gasteiger partial charge in [-0.3, -0.25) is 4.72 Å². The molecule has 0 saturated heterocycles. The van der Waals surface area contributed by atoms with Crippen LogP contribution >= 0.6 is 0 Å². The van der Waals surface area contributed by atoms with Crippen LogP contribution in [0.1, 0.15) is 29.0 Å². The number of aryl methyl sites for hydroxylation is 2. The van der Waals surface area contributed by atoms with Crippen LogP contribution in [0.25, 0.3) is 11.3 Å². The number of hydrogen-bond acceptors (Lipinski definition) is 5. The van der Waals surface area contributed by atoms with Gasteiger partial charge in [0, 0.05) is 24.7 Å². The molecule has 1 aliphatic heterocycles. The highest BCUT2D eigenvalue weighted by atomic mass is 32.2. The second kappa shape index (κ2) is 7.71. The van der Waals surface area contributed by atoms with Crippen molar-refractivity contribution in [1.82, 2.24) is 9.55 Å². The Balaban J connectivity index is 1.68. The van der Waals surface area contributed by atoms with Crippen molar-refractivity contribution in [3.8, 4) is 11.3 Å². The molecule has 7 nitrogen and oxygen atoms in total. The maximum Gasteiger partial charge on any atom is 0.337 e. The van der Waals surface area contributed by atoms with Crippen molar-refractivity contribution in [1.29, 1.82) is 0 Å². The van der Waals surface area contributed by atoms with Gasteiger partial charge in [0.05, 0.1) is 29.0 Å². The standard InChI is InChI=1S/C21H21N3O4S/c1-28-21(25)15-7-6-8-16(13-15)29(26,27)23-18-10-3-2-9-17(18)19-14-24-12-5-4-11-20(24)22-19/h2-3,6-10,13-14,23H,4-5,11-12H2,1H3. The van der Waals surface area contributed by atoms with E-state index >= 15 is 0 Å². The molecule has 0 atom stereocenters. The average Bonchev–Trinajstić information content (AvgIpc) is 3.17. The van der Waals surface area contributed by atoms with E-state index in [-0.39, 0.29) is 10.5 Å². The molecule has 0 radical (unpaired) electrons. The van der Waals surface area contributed by atoms with E-state index in [9.17, 15) is 13.2 Å². The molecule has 1 aromatic heterocycles. The van der Waals surface area contributed by atoms with Crippen molar-refractivity contribution in [2.75, 3.05) is 11.8 Å². The molecule has 150 valence electrons. The number of anilines is 1. The number of carbonyl (C=O) groups excluding carboxylic acids is 1. The summed E-state index contributed by atoms with van der Waals surface area (Å²) in [6.07, 6.45) is 5.13. The lowest BCUT2D eigenvalue weighted by molar-refractivity contribution is 0.0600. The highest BCUT2D eigenvalue weighted by Gasteiger charge is 2.20. The minimum Gasteiger partial charge on any atom is -0.465 e. The molecule has 3 aromatic rings. The number of nitrogens with zero attached hydrogens (tertiary/aromatic N) is 2. The van der Waals surface area contributed by atoms with Crippen molar-refractivity contribution in [2.45, 2.75) is 30.7 Å². The Morgan fingerprint density at radius 2 is 1.97 bits per heavy atom. The van der Waals surface area contributed by atoms with Crippen molar-refractivity contribution < 1.29 is 17.9 Å². The van der Waals surface area contributed by atoms with Gasteiger partial charge in [0.1, 0.15) is 5.82 Å². The molecule has 1 N–H and O–H groups in total. The first-order valence-electron chi connectivity index (χ1n) is 9.34. The number of hydrogen-bond donors (Lipinski definition) is 1. The Kier molecular flexibility index (Phi) is 5.10. The predicted molar refractivity (Wildman–Crippen MR) is 109 cm³/mol. The zero-order valence-corrected chi connectivity index (χ0v) is 16.8. The van der Waals surface area contributed by atoms with Crippen LogP contribution in [0.4, 0.5) is 5.69 Å². The Bertz CT molecular complexity index is 1140. The van der Waals surface area contributed by atoms with Gasteiger partial charge >= 0.3 is 5.97 Å². The Hall–Kier alpha value is -3.13. The predicted octanol–water partition coefficient (Wildman–Crippen LogP) is 3.47. The molecule has 4 rings (SSSR count). The van der Waals surface area contributed by atoms with Gasteiger partial charge in [0.15, 0.2) is 0 Å². The first-order chi connectivity index (χ1) is 14.0.